The fourth-order valence-corrected chi connectivity index (χ4v) is 3.78. The lowest BCUT2D eigenvalue weighted by molar-refractivity contribution is -0.140. The van der Waals surface area contributed by atoms with E-state index in [1.807, 2.05) is 31.1 Å². The van der Waals surface area contributed by atoms with Gasteiger partial charge < -0.3 is 4.90 Å². The third-order valence-electron chi connectivity index (χ3n) is 3.54. The molecule has 0 aromatic carbocycles. The summed E-state index contributed by atoms with van der Waals surface area (Å²) in [6, 6.07) is 0. The van der Waals surface area contributed by atoms with E-state index in [2.05, 4.69) is 4.98 Å². The Labute approximate surface area is 134 Å². The number of alkyl halides is 2. The van der Waals surface area contributed by atoms with Crippen molar-refractivity contribution in [2.45, 2.75) is 44.4 Å². The number of nitrogens with zero attached hydrogens (tertiary/aromatic N) is 2. The topological polar surface area (TPSA) is 33.2 Å². The fraction of sp³-hybridized carbons (Fsp3) is 0.714. The van der Waals surface area contributed by atoms with Gasteiger partial charge in [0, 0.05) is 29.8 Å². The lowest BCUT2D eigenvalue weighted by Crippen LogP contribution is -2.43. The number of rotatable bonds is 2. The largest absolute Gasteiger partial charge is 0.342 e. The van der Waals surface area contributed by atoms with E-state index in [0.717, 1.165) is 36.6 Å². The van der Waals surface area contributed by atoms with E-state index < -0.39 is 4.84 Å². The van der Waals surface area contributed by atoms with E-state index in [1.165, 1.54) is 0 Å². The molecule has 0 spiro atoms. The molecule has 0 unspecified atom stereocenters. The van der Waals surface area contributed by atoms with Crippen LogP contribution in [0.15, 0.2) is 5.38 Å². The van der Waals surface area contributed by atoms with Crippen molar-refractivity contribution in [3.63, 3.8) is 0 Å². The van der Waals surface area contributed by atoms with Gasteiger partial charge in [0.15, 0.2) is 0 Å². The summed E-state index contributed by atoms with van der Waals surface area (Å²) in [5, 5.41) is 3.02. The Morgan fingerprint density at radius 3 is 2.45 bits per heavy atom. The Hall–Kier alpha value is -0.320. The quantitative estimate of drug-likeness (QED) is 0.752. The van der Waals surface area contributed by atoms with E-state index in [9.17, 15) is 4.79 Å². The summed E-state index contributed by atoms with van der Waals surface area (Å²) < 4.78 is 0. The van der Waals surface area contributed by atoms with Crippen molar-refractivity contribution in [2.24, 2.45) is 5.41 Å². The summed E-state index contributed by atoms with van der Waals surface area (Å²) >= 11 is 13.3. The maximum Gasteiger partial charge on any atom is 0.227 e. The predicted molar refractivity (Wildman–Crippen MR) is 84.6 cm³/mol. The van der Waals surface area contributed by atoms with E-state index >= 15 is 0 Å². The van der Waals surface area contributed by atoms with Crippen LogP contribution in [0.3, 0.4) is 0 Å². The van der Waals surface area contributed by atoms with Crippen LogP contribution in [-0.2, 0) is 4.79 Å². The number of thiazole rings is 1. The minimum atomic E-state index is -0.553. The molecular weight excluding hydrogens is 315 g/mol. The molecule has 0 radical (unpaired) electrons. The van der Waals surface area contributed by atoms with Crippen molar-refractivity contribution in [3.8, 4) is 0 Å². The lowest BCUT2D eigenvalue weighted by Gasteiger charge is -2.35. The van der Waals surface area contributed by atoms with Crippen LogP contribution in [0, 0.1) is 5.41 Å². The van der Waals surface area contributed by atoms with Gasteiger partial charge in [-0.05, 0) is 12.8 Å². The highest BCUT2D eigenvalue weighted by molar-refractivity contribution is 7.09. The third kappa shape index (κ3) is 3.66. The first-order valence-electron chi connectivity index (χ1n) is 6.82. The first-order valence-corrected chi connectivity index (χ1v) is 8.57. The van der Waals surface area contributed by atoms with Crippen molar-refractivity contribution >= 4 is 40.4 Å². The number of hydrogen-bond donors (Lipinski definition) is 0. The zero-order chi connectivity index (χ0) is 14.9. The molecule has 112 valence electrons. The lowest BCUT2D eigenvalue weighted by atomic mass is 9.91. The van der Waals surface area contributed by atoms with Crippen LogP contribution in [0.2, 0.25) is 0 Å². The Bertz CT molecular complexity index is 474. The molecule has 0 saturated carbocycles. The zero-order valence-corrected chi connectivity index (χ0v) is 14.4. The smallest absolute Gasteiger partial charge is 0.227 e. The van der Waals surface area contributed by atoms with E-state index in [0.29, 0.717) is 5.92 Å². The Morgan fingerprint density at radius 2 is 2.00 bits per heavy atom. The molecule has 20 heavy (non-hydrogen) atoms. The first kappa shape index (κ1) is 16.1. The second-order valence-corrected chi connectivity index (χ2v) is 8.21. The molecule has 0 bridgehead atoms. The molecule has 1 aliphatic rings. The SMILES string of the molecule is CC(C)(C)C(=O)N1CCC(c2nc(C(Cl)Cl)cs2)CC1. The van der Waals surface area contributed by atoms with E-state index in [4.69, 9.17) is 23.2 Å². The summed E-state index contributed by atoms with van der Waals surface area (Å²) in [7, 11) is 0. The van der Waals surface area contributed by atoms with Crippen molar-refractivity contribution in [3.05, 3.63) is 16.1 Å². The van der Waals surface area contributed by atoms with Crippen LogP contribution in [0.5, 0.6) is 0 Å². The molecule has 2 heterocycles. The van der Waals surface area contributed by atoms with Crippen molar-refractivity contribution in [1.29, 1.82) is 0 Å². The van der Waals surface area contributed by atoms with Gasteiger partial charge in [-0.3, -0.25) is 4.79 Å². The second kappa shape index (κ2) is 6.20. The third-order valence-corrected chi connectivity index (χ3v) is 5.01. The minimum Gasteiger partial charge on any atom is -0.342 e. The van der Waals surface area contributed by atoms with E-state index in [-0.39, 0.29) is 11.3 Å². The molecule has 1 amide bonds. The van der Waals surface area contributed by atoms with Gasteiger partial charge in [0.05, 0.1) is 10.7 Å². The van der Waals surface area contributed by atoms with Crippen molar-refractivity contribution in [1.82, 2.24) is 9.88 Å². The van der Waals surface area contributed by atoms with Crippen LogP contribution in [0.25, 0.3) is 0 Å². The molecular formula is C14H20Cl2N2OS. The first-order chi connectivity index (χ1) is 9.29. The molecule has 1 aromatic rings. The van der Waals surface area contributed by atoms with Gasteiger partial charge >= 0.3 is 0 Å². The molecule has 6 heteroatoms. The van der Waals surface area contributed by atoms with Gasteiger partial charge in [-0.2, -0.15) is 0 Å². The highest BCUT2D eigenvalue weighted by Crippen LogP contribution is 2.34. The van der Waals surface area contributed by atoms with Crippen LogP contribution in [0.1, 0.15) is 55.1 Å². The van der Waals surface area contributed by atoms with Crippen LogP contribution in [0.4, 0.5) is 0 Å². The molecule has 1 saturated heterocycles. The minimum absolute atomic E-state index is 0.234. The molecule has 2 rings (SSSR count). The molecule has 1 aliphatic heterocycles. The van der Waals surface area contributed by atoms with Gasteiger partial charge in [0.2, 0.25) is 5.91 Å². The summed E-state index contributed by atoms with van der Waals surface area (Å²) in [5.74, 6) is 0.655. The van der Waals surface area contributed by atoms with Gasteiger partial charge in [-0.1, -0.05) is 44.0 Å². The number of carbonyl (C=O) groups is 1. The molecule has 1 aromatic heterocycles. The number of halogens is 2. The average Bonchev–Trinajstić information content (AvgIpc) is 2.86. The fourth-order valence-electron chi connectivity index (χ4n) is 2.39. The Balaban J connectivity index is 1.95. The maximum atomic E-state index is 12.2. The Morgan fingerprint density at radius 1 is 1.40 bits per heavy atom. The van der Waals surface area contributed by atoms with Crippen LogP contribution in [-0.4, -0.2) is 28.9 Å². The molecule has 0 aliphatic carbocycles. The number of carbonyl (C=O) groups excluding carboxylic acids is 1. The van der Waals surface area contributed by atoms with Crippen LogP contribution < -0.4 is 0 Å². The zero-order valence-electron chi connectivity index (χ0n) is 12.0. The maximum absolute atomic E-state index is 12.2. The average molecular weight is 335 g/mol. The molecule has 0 N–H and O–H groups in total. The number of amides is 1. The highest BCUT2D eigenvalue weighted by atomic mass is 35.5. The summed E-state index contributed by atoms with van der Waals surface area (Å²) in [4.78, 5) is 18.2. The number of hydrogen-bond acceptors (Lipinski definition) is 3. The van der Waals surface area contributed by atoms with E-state index in [1.54, 1.807) is 11.3 Å². The van der Waals surface area contributed by atoms with Crippen LogP contribution >= 0.6 is 34.5 Å². The molecule has 3 nitrogen and oxygen atoms in total. The predicted octanol–water partition coefficient (Wildman–Crippen LogP) is 4.37. The Kier molecular flexibility index (Phi) is 4.98. The monoisotopic (exact) mass is 334 g/mol. The van der Waals surface area contributed by atoms with Crippen molar-refractivity contribution in [2.75, 3.05) is 13.1 Å². The highest BCUT2D eigenvalue weighted by Gasteiger charge is 2.31. The van der Waals surface area contributed by atoms with Crippen molar-refractivity contribution < 1.29 is 4.79 Å². The number of piperidine rings is 1. The normalized spacial score (nSPS) is 17.8. The van der Waals surface area contributed by atoms with Gasteiger partial charge in [0.1, 0.15) is 4.84 Å². The standard InChI is InChI=1S/C14H20Cl2N2OS/c1-14(2,3)13(19)18-6-4-9(5-7-18)12-17-10(8-20-12)11(15)16/h8-9,11H,4-7H2,1-3H3. The second-order valence-electron chi connectivity index (χ2n) is 6.23. The van der Waals surface area contributed by atoms with Gasteiger partial charge in [-0.15, -0.1) is 11.3 Å². The number of aromatic nitrogens is 1. The summed E-state index contributed by atoms with van der Waals surface area (Å²) in [6.45, 7) is 7.52. The molecule has 0 atom stereocenters. The van der Waals surface area contributed by atoms with Gasteiger partial charge in [-0.25, -0.2) is 4.98 Å². The summed E-state index contributed by atoms with van der Waals surface area (Å²) in [5.41, 5.74) is 0.438. The van der Waals surface area contributed by atoms with Gasteiger partial charge in [0.25, 0.3) is 0 Å². The summed E-state index contributed by atoms with van der Waals surface area (Å²) in [6.07, 6.45) is 1.92. The molecule has 1 fully saturated rings. The number of likely N-dealkylation sites (tertiary alicyclic amines) is 1.